The van der Waals surface area contributed by atoms with Gasteiger partial charge in [0.25, 0.3) is 0 Å². The third-order valence-corrected chi connectivity index (χ3v) is 4.60. The molecule has 98 valence electrons. The number of fused-ring (bicyclic) bond motifs is 2. The number of aromatic nitrogens is 2. The average molecular weight is 279 g/mol. The fourth-order valence-electron chi connectivity index (χ4n) is 2.47. The SMILES string of the molecule is NCc1cccc2[nH]c(-c3cc4ccccc4s3)nc12. The maximum absolute atomic E-state index is 5.77. The summed E-state index contributed by atoms with van der Waals surface area (Å²) in [5, 5.41) is 1.26. The molecule has 0 saturated heterocycles. The molecule has 0 aliphatic rings. The van der Waals surface area contributed by atoms with Gasteiger partial charge in [-0.05, 0) is 29.1 Å². The zero-order valence-corrected chi connectivity index (χ0v) is 11.6. The van der Waals surface area contributed by atoms with E-state index in [4.69, 9.17) is 10.7 Å². The molecule has 0 aliphatic carbocycles. The van der Waals surface area contributed by atoms with E-state index in [1.807, 2.05) is 18.2 Å². The number of hydrogen-bond acceptors (Lipinski definition) is 3. The van der Waals surface area contributed by atoms with E-state index in [0.717, 1.165) is 27.3 Å². The van der Waals surface area contributed by atoms with Gasteiger partial charge in [-0.1, -0.05) is 30.3 Å². The standard InChI is InChI=1S/C16H13N3S/c17-9-11-5-3-6-12-15(11)19-16(18-12)14-8-10-4-1-2-7-13(10)20-14/h1-8H,9,17H2,(H,18,19). The molecule has 4 rings (SSSR count). The average Bonchev–Trinajstić information content (AvgIpc) is 3.09. The molecule has 0 spiro atoms. The second kappa shape index (κ2) is 4.44. The Bertz CT molecular complexity index is 871. The lowest BCUT2D eigenvalue weighted by atomic mass is 10.2. The number of thiophene rings is 1. The van der Waals surface area contributed by atoms with Gasteiger partial charge in [0.2, 0.25) is 0 Å². The van der Waals surface area contributed by atoms with E-state index in [9.17, 15) is 0 Å². The number of nitrogens with one attached hydrogen (secondary N) is 1. The summed E-state index contributed by atoms with van der Waals surface area (Å²) < 4.78 is 1.28. The lowest BCUT2D eigenvalue weighted by Gasteiger charge is -1.95. The molecule has 0 fully saturated rings. The molecule has 3 N–H and O–H groups in total. The topological polar surface area (TPSA) is 54.7 Å². The molecule has 0 aliphatic heterocycles. The van der Waals surface area contributed by atoms with Crippen molar-refractivity contribution >= 4 is 32.5 Å². The zero-order chi connectivity index (χ0) is 13.5. The molecule has 20 heavy (non-hydrogen) atoms. The van der Waals surface area contributed by atoms with E-state index in [1.165, 1.54) is 10.1 Å². The fraction of sp³-hybridized carbons (Fsp3) is 0.0625. The quantitative estimate of drug-likeness (QED) is 0.584. The van der Waals surface area contributed by atoms with E-state index in [-0.39, 0.29) is 0 Å². The van der Waals surface area contributed by atoms with E-state index < -0.39 is 0 Å². The molecule has 4 heteroatoms. The highest BCUT2D eigenvalue weighted by Crippen LogP contribution is 2.33. The third-order valence-electron chi connectivity index (χ3n) is 3.48. The summed E-state index contributed by atoms with van der Waals surface area (Å²) in [5.41, 5.74) is 8.87. The smallest absolute Gasteiger partial charge is 0.148 e. The first-order chi connectivity index (χ1) is 9.85. The number of rotatable bonds is 2. The summed E-state index contributed by atoms with van der Waals surface area (Å²) in [6.45, 7) is 0.508. The number of H-pyrrole nitrogens is 1. The second-order valence-corrected chi connectivity index (χ2v) is 5.84. The van der Waals surface area contributed by atoms with Crippen LogP contribution >= 0.6 is 11.3 Å². The molecule has 0 unspecified atom stereocenters. The minimum absolute atomic E-state index is 0.508. The summed E-state index contributed by atoms with van der Waals surface area (Å²) in [4.78, 5) is 9.27. The highest BCUT2D eigenvalue weighted by atomic mass is 32.1. The van der Waals surface area contributed by atoms with Crippen LogP contribution in [0.25, 0.3) is 31.8 Å². The van der Waals surface area contributed by atoms with Crippen LogP contribution in [0.2, 0.25) is 0 Å². The number of aromatic amines is 1. The molecule has 0 bridgehead atoms. The van der Waals surface area contributed by atoms with Crippen LogP contribution in [0.3, 0.4) is 0 Å². The van der Waals surface area contributed by atoms with Gasteiger partial charge in [0, 0.05) is 11.2 Å². The lowest BCUT2D eigenvalue weighted by Crippen LogP contribution is -1.96. The molecule has 2 aromatic carbocycles. The third kappa shape index (κ3) is 1.73. The Morgan fingerprint density at radius 2 is 2.00 bits per heavy atom. The molecular formula is C16H13N3S. The first kappa shape index (κ1) is 11.6. The van der Waals surface area contributed by atoms with Crippen LogP contribution in [-0.2, 0) is 6.54 Å². The predicted octanol–water partition coefficient (Wildman–Crippen LogP) is 3.90. The number of nitrogens with two attached hydrogens (primary N) is 1. The lowest BCUT2D eigenvalue weighted by molar-refractivity contribution is 1.08. The van der Waals surface area contributed by atoms with E-state index in [1.54, 1.807) is 11.3 Å². The molecule has 0 radical (unpaired) electrons. The van der Waals surface area contributed by atoms with Crippen molar-refractivity contribution < 1.29 is 0 Å². The summed E-state index contributed by atoms with van der Waals surface area (Å²) in [6, 6.07) is 16.6. The van der Waals surface area contributed by atoms with Gasteiger partial charge in [-0.25, -0.2) is 4.98 Å². The van der Waals surface area contributed by atoms with Gasteiger partial charge >= 0.3 is 0 Å². The number of para-hydroxylation sites is 1. The van der Waals surface area contributed by atoms with Crippen molar-refractivity contribution in [2.75, 3.05) is 0 Å². The molecule has 2 aromatic heterocycles. The highest BCUT2D eigenvalue weighted by Gasteiger charge is 2.10. The van der Waals surface area contributed by atoms with Crippen molar-refractivity contribution in [2.24, 2.45) is 5.73 Å². The fourth-order valence-corrected chi connectivity index (χ4v) is 3.48. The minimum Gasteiger partial charge on any atom is -0.337 e. The molecule has 2 heterocycles. The van der Waals surface area contributed by atoms with Crippen LogP contribution in [0, 0.1) is 0 Å². The molecule has 0 amide bonds. The van der Waals surface area contributed by atoms with Crippen LogP contribution in [0.1, 0.15) is 5.56 Å². The second-order valence-electron chi connectivity index (χ2n) is 4.75. The van der Waals surface area contributed by atoms with Gasteiger partial charge in [-0.2, -0.15) is 0 Å². The van der Waals surface area contributed by atoms with Gasteiger partial charge < -0.3 is 10.7 Å². The van der Waals surface area contributed by atoms with Gasteiger partial charge in [0.15, 0.2) is 0 Å². The monoisotopic (exact) mass is 279 g/mol. The van der Waals surface area contributed by atoms with Crippen LogP contribution in [0.5, 0.6) is 0 Å². The van der Waals surface area contributed by atoms with Gasteiger partial charge in [-0.15, -0.1) is 11.3 Å². The largest absolute Gasteiger partial charge is 0.337 e. The Hall–Kier alpha value is -2.17. The normalized spacial score (nSPS) is 11.4. The van der Waals surface area contributed by atoms with Crippen LogP contribution in [0.15, 0.2) is 48.5 Å². The Labute approximate surface area is 120 Å². The van der Waals surface area contributed by atoms with Gasteiger partial charge in [0.1, 0.15) is 5.82 Å². The maximum atomic E-state index is 5.77. The highest BCUT2D eigenvalue weighted by molar-refractivity contribution is 7.22. The molecule has 4 aromatic rings. The van der Waals surface area contributed by atoms with Crippen molar-refractivity contribution in [3.05, 3.63) is 54.1 Å². The number of nitrogens with zero attached hydrogens (tertiary/aromatic N) is 1. The van der Waals surface area contributed by atoms with Crippen LogP contribution in [0.4, 0.5) is 0 Å². The molecule has 0 atom stereocenters. The van der Waals surface area contributed by atoms with Crippen molar-refractivity contribution in [1.29, 1.82) is 0 Å². The van der Waals surface area contributed by atoms with Crippen molar-refractivity contribution in [3.63, 3.8) is 0 Å². The summed E-state index contributed by atoms with van der Waals surface area (Å²) in [6.07, 6.45) is 0. The molecule has 3 nitrogen and oxygen atoms in total. The number of imidazole rings is 1. The van der Waals surface area contributed by atoms with Crippen molar-refractivity contribution in [2.45, 2.75) is 6.54 Å². The van der Waals surface area contributed by atoms with Crippen molar-refractivity contribution in [3.8, 4) is 10.7 Å². The van der Waals surface area contributed by atoms with Crippen LogP contribution < -0.4 is 5.73 Å². The molecular weight excluding hydrogens is 266 g/mol. The summed E-state index contributed by atoms with van der Waals surface area (Å²) in [5.74, 6) is 0.919. The first-order valence-corrected chi connectivity index (χ1v) is 7.33. The van der Waals surface area contributed by atoms with Crippen LogP contribution in [-0.4, -0.2) is 9.97 Å². The van der Waals surface area contributed by atoms with Gasteiger partial charge in [-0.3, -0.25) is 0 Å². The Kier molecular flexibility index (Phi) is 2.58. The summed E-state index contributed by atoms with van der Waals surface area (Å²) in [7, 11) is 0. The number of benzene rings is 2. The first-order valence-electron chi connectivity index (χ1n) is 6.52. The van der Waals surface area contributed by atoms with E-state index in [0.29, 0.717) is 6.54 Å². The van der Waals surface area contributed by atoms with E-state index in [2.05, 4.69) is 35.3 Å². The Balaban J connectivity index is 1.93. The predicted molar refractivity (Wildman–Crippen MR) is 84.8 cm³/mol. The molecule has 0 saturated carbocycles. The summed E-state index contributed by atoms with van der Waals surface area (Å²) >= 11 is 1.75. The minimum atomic E-state index is 0.508. The number of hydrogen-bond donors (Lipinski definition) is 2. The van der Waals surface area contributed by atoms with Gasteiger partial charge in [0.05, 0.1) is 15.9 Å². The Morgan fingerprint density at radius 3 is 2.85 bits per heavy atom. The van der Waals surface area contributed by atoms with E-state index >= 15 is 0 Å². The Morgan fingerprint density at radius 1 is 1.10 bits per heavy atom. The van der Waals surface area contributed by atoms with Crippen molar-refractivity contribution in [1.82, 2.24) is 9.97 Å². The zero-order valence-electron chi connectivity index (χ0n) is 10.8. The maximum Gasteiger partial charge on any atom is 0.148 e.